The Morgan fingerprint density at radius 2 is 2.07 bits per heavy atom. The fraction of sp³-hybridized carbons (Fsp3) is 0.455. The summed E-state index contributed by atoms with van der Waals surface area (Å²) in [4.78, 5) is 0. The van der Waals surface area contributed by atoms with Crippen molar-refractivity contribution in [1.82, 2.24) is 0 Å². The Hall–Kier alpha value is -0.540. The SMILES string of the molecule is Cc1cc(C(C)CN)c(C)c(Br)c1O. The van der Waals surface area contributed by atoms with Gasteiger partial charge in [0.15, 0.2) is 0 Å². The topological polar surface area (TPSA) is 46.2 Å². The minimum Gasteiger partial charge on any atom is -0.506 e. The van der Waals surface area contributed by atoms with Gasteiger partial charge >= 0.3 is 0 Å². The molecule has 0 bridgehead atoms. The quantitative estimate of drug-likeness (QED) is 0.856. The van der Waals surface area contributed by atoms with Crippen molar-refractivity contribution >= 4 is 15.9 Å². The average molecular weight is 258 g/mol. The van der Waals surface area contributed by atoms with Gasteiger partial charge in [0.1, 0.15) is 5.75 Å². The van der Waals surface area contributed by atoms with E-state index in [9.17, 15) is 5.11 Å². The third-order valence-corrected chi connectivity index (χ3v) is 3.57. The first kappa shape index (κ1) is 11.5. The van der Waals surface area contributed by atoms with Gasteiger partial charge in [0.05, 0.1) is 4.47 Å². The van der Waals surface area contributed by atoms with Crippen LogP contribution in [-0.2, 0) is 0 Å². The number of rotatable bonds is 2. The zero-order valence-corrected chi connectivity index (χ0v) is 10.4. The zero-order chi connectivity index (χ0) is 10.9. The monoisotopic (exact) mass is 257 g/mol. The van der Waals surface area contributed by atoms with E-state index in [1.807, 2.05) is 19.9 Å². The molecule has 0 saturated heterocycles. The molecule has 0 radical (unpaired) electrons. The Morgan fingerprint density at radius 3 is 2.57 bits per heavy atom. The normalized spacial score (nSPS) is 12.9. The molecule has 0 fully saturated rings. The minimum atomic E-state index is 0.325. The first-order chi connectivity index (χ1) is 6.49. The van der Waals surface area contributed by atoms with Gasteiger partial charge in [-0.15, -0.1) is 0 Å². The van der Waals surface area contributed by atoms with Gasteiger partial charge in [-0.3, -0.25) is 0 Å². The molecule has 0 saturated carbocycles. The number of nitrogens with two attached hydrogens (primary N) is 1. The van der Waals surface area contributed by atoms with Gasteiger partial charge in [0.2, 0.25) is 0 Å². The maximum atomic E-state index is 9.69. The number of phenols is 1. The number of aryl methyl sites for hydroxylation is 1. The molecule has 0 aliphatic carbocycles. The van der Waals surface area contributed by atoms with E-state index >= 15 is 0 Å². The van der Waals surface area contributed by atoms with Crippen LogP contribution in [0.25, 0.3) is 0 Å². The van der Waals surface area contributed by atoms with Crippen LogP contribution in [0.1, 0.15) is 29.5 Å². The highest BCUT2D eigenvalue weighted by Gasteiger charge is 2.13. The maximum absolute atomic E-state index is 9.69. The maximum Gasteiger partial charge on any atom is 0.132 e. The fourth-order valence-electron chi connectivity index (χ4n) is 1.53. The summed E-state index contributed by atoms with van der Waals surface area (Å²) in [6, 6.07) is 2.01. The predicted molar refractivity (Wildman–Crippen MR) is 62.8 cm³/mol. The summed E-state index contributed by atoms with van der Waals surface area (Å²) in [7, 11) is 0. The molecule has 1 atom stereocenters. The number of halogens is 1. The molecule has 78 valence electrons. The van der Waals surface area contributed by atoms with Crippen molar-refractivity contribution in [2.45, 2.75) is 26.7 Å². The lowest BCUT2D eigenvalue weighted by Crippen LogP contribution is -2.10. The van der Waals surface area contributed by atoms with Gasteiger partial charge in [0.25, 0.3) is 0 Å². The van der Waals surface area contributed by atoms with Gasteiger partial charge in [-0.25, -0.2) is 0 Å². The molecule has 0 amide bonds. The van der Waals surface area contributed by atoms with Crippen molar-refractivity contribution < 1.29 is 5.11 Å². The van der Waals surface area contributed by atoms with E-state index in [1.54, 1.807) is 0 Å². The highest BCUT2D eigenvalue weighted by Crippen LogP contribution is 2.35. The van der Waals surface area contributed by atoms with Crippen molar-refractivity contribution in [2.75, 3.05) is 6.54 Å². The second-order valence-corrected chi connectivity index (χ2v) is 4.50. The largest absolute Gasteiger partial charge is 0.506 e. The Labute approximate surface area is 93.3 Å². The number of aromatic hydroxyl groups is 1. The van der Waals surface area contributed by atoms with E-state index in [4.69, 9.17) is 5.73 Å². The van der Waals surface area contributed by atoms with Crippen molar-refractivity contribution in [3.8, 4) is 5.75 Å². The summed E-state index contributed by atoms with van der Waals surface area (Å²) in [6.07, 6.45) is 0. The smallest absolute Gasteiger partial charge is 0.132 e. The van der Waals surface area contributed by atoms with E-state index in [1.165, 1.54) is 5.56 Å². The van der Waals surface area contributed by atoms with Crippen LogP contribution in [0.3, 0.4) is 0 Å². The molecule has 3 heteroatoms. The molecule has 14 heavy (non-hydrogen) atoms. The first-order valence-corrected chi connectivity index (χ1v) is 5.47. The average Bonchev–Trinajstić information content (AvgIpc) is 2.19. The third-order valence-electron chi connectivity index (χ3n) is 2.60. The van der Waals surface area contributed by atoms with Gasteiger partial charge in [-0.2, -0.15) is 0 Å². The van der Waals surface area contributed by atoms with Crippen LogP contribution < -0.4 is 5.73 Å². The van der Waals surface area contributed by atoms with Crippen molar-refractivity contribution in [1.29, 1.82) is 0 Å². The number of hydrogen-bond donors (Lipinski definition) is 2. The lowest BCUT2D eigenvalue weighted by Gasteiger charge is -2.16. The van der Waals surface area contributed by atoms with E-state index < -0.39 is 0 Å². The van der Waals surface area contributed by atoms with Crippen molar-refractivity contribution in [3.05, 3.63) is 27.2 Å². The minimum absolute atomic E-state index is 0.325. The fourth-order valence-corrected chi connectivity index (χ4v) is 2.07. The molecule has 0 aromatic heterocycles. The van der Waals surface area contributed by atoms with E-state index in [0.29, 0.717) is 18.2 Å². The first-order valence-electron chi connectivity index (χ1n) is 4.67. The second-order valence-electron chi connectivity index (χ2n) is 3.71. The molecule has 3 N–H and O–H groups in total. The van der Waals surface area contributed by atoms with Gasteiger partial charge in [-0.1, -0.05) is 13.0 Å². The van der Waals surface area contributed by atoms with Crippen LogP contribution in [0.2, 0.25) is 0 Å². The Kier molecular flexibility index (Phi) is 3.56. The Morgan fingerprint density at radius 1 is 1.50 bits per heavy atom. The summed E-state index contributed by atoms with van der Waals surface area (Å²) in [5.41, 5.74) is 8.80. The van der Waals surface area contributed by atoms with Crippen LogP contribution >= 0.6 is 15.9 Å². The summed E-state index contributed by atoms with van der Waals surface area (Å²) in [6.45, 7) is 6.60. The molecule has 1 unspecified atom stereocenters. The summed E-state index contributed by atoms with van der Waals surface area (Å²) in [5.74, 6) is 0.654. The van der Waals surface area contributed by atoms with E-state index in [-0.39, 0.29) is 0 Å². The van der Waals surface area contributed by atoms with Crippen LogP contribution in [0.5, 0.6) is 5.75 Å². The van der Waals surface area contributed by atoms with Gasteiger partial charge < -0.3 is 10.8 Å². The Bertz CT molecular complexity index is 350. The van der Waals surface area contributed by atoms with Crippen LogP contribution in [0.15, 0.2) is 10.5 Å². The summed E-state index contributed by atoms with van der Waals surface area (Å²) < 4.78 is 0.785. The van der Waals surface area contributed by atoms with Crippen molar-refractivity contribution in [3.63, 3.8) is 0 Å². The summed E-state index contributed by atoms with van der Waals surface area (Å²) >= 11 is 3.39. The molecule has 1 rings (SSSR count). The molecule has 0 spiro atoms. The number of hydrogen-bond acceptors (Lipinski definition) is 2. The Balaban J connectivity index is 3.33. The second kappa shape index (κ2) is 4.32. The van der Waals surface area contributed by atoms with Crippen LogP contribution in [0, 0.1) is 13.8 Å². The third kappa shape index (κ3) is 1.93. The number of phenolic OH excluding ortho intramolecular Hbond substituents is 1. The predicted octanol–water partition coefficient (Wildman–Crippen LogP) is 2.83. The molecule has 1 aromatic carbocycles. The highest BCUT2D eigenvalue weighted by atomic mass is 79.9. The standard InChI is InChI=1S/C11H16BrNO/c1-6-4-9(7(2)5-13)8(3)10(12)11(6)14/h4,7,14H,5,13H2,1-3H3. The van der Waals surface area contributed by atoms with E-state index in [2.05, 4.69) is 22.9 Å². The molecular formula is C11H16BrNO. The molecule has 2 nitrogen and oxygen atoms in total. The van der Waals surface area contributed by atoms with E-state index in [0.717, 1.165) is 15.6 Å². The lowest BCUT2D eigenvalue weighted by atomic mass is 9.94. The van der Waals surface area contributed by atoms with Gasteiger partial charge in [-0.05, 0) is 58.9 Å². The lowest BCUT2D eigenvalue weighted by molar-refractivity contribution is 0.466. The van der Waals surface area contributed by atoms with Crippen LogP contribution in [-0.4, -0.2) is 11.7 Å². The summed E-state index contributed by atoms with van der Waals surface area (Å²) in [5, 5.41) is 9.69. The van der Waals surface area contributed by atoms with Crippen molar-refractivity contribution in [2.24, 2.45) is 5.73 Å². The highest BCUT2D eigenvalue weighted by molar-refractivity contribution is 9.10. The molecule has 0 heterocycles. The molecule has 0 aliphatic rings. The van der Waals surface area contributed by atoms with Gasteiger partial charge in [0, 0.05) is 0 Å². The molecule has 0 aliphatic heterocycles. The zero-order valence-electron chi connectivity index (χ0n) is 8.76. The number of benzene rings is 1. The van der Waals surface area contributed by atoms with Crippen LogP contribution in [0.4, 0.5) is 0 Å². The molecular weight excluding hydrogens is 242 g/mol. The molecule has 1 aromatic rings.